The lowest BCUT2D eigenvalue weighted by Gasteiger charge is -2.38. The van der Waals surface area contributed by atoms with Gasteiger partial charge in [0.2, 0.25) is 0 Å². The Morgan fingerprint density at radius 3 is 2.90 bits per heavy atom. The lowest BCUT2D eigenvalue weighted by atomic mass is 9.97. The topological polar surface area (TPSA) is 73.6 Å². The molecule has 4 heterocycles. The summed E-state index contributed by atoms with van der Waals surface area (Å²) in [5.74, 6) is 0.339. The van der Waals surface area contributed by atoms with E-state index < -0.39 is 5.60 Å². The fourth-order valence-corrected chi connectivity index (χ4v) is 4.69. The Bertz CT molecular complexity index is 991. The van der Waals surface area contributed by atoms with Crippen molar-refractivity contribution in [3.63, 3.8) is 0 Å². The molecule has 29 heavy (non-hydrogen) atoms. The minimum atomic E-state index is -0.702. The number of hydrogen-bond acceptors (Lipinski definition) is 6. The number of aliphatic hydroxyl groups is 1. The molecule has 5 rings (SSSR count). The monoisotopic (exact) mass is 395 g/mol. The normalized spacial score (nSPS) is 27.9. The summed E-state index contributed by atoms with van der Waals surface area (Å²) in [5.41, 5.74) is 1.86. The summed E-state index contributed by atoms with van der Waals surface area (Å²) in [6, 6.07) is 6.94. The van der Waals surface area contributed by atoms with Crippen LogP contribution >= 0.6 is 0 Å². The third-order valence-electron chi connectivity index (χ3n) is 6.65. The van der Waals surface area contributed by atoms with Gasteiger partial charge in [0.25, 0.3) is 0 Å². The van der Waals surface area contributed by atoms with Crippen LogP contribution in [0.3, 0.4) is 0 Å². The number of aromatic nitrogens is 2. The van der Waals surface area contributed by atoms with E-state index >= 15 is 0 Å². The molecule has 1 aliphatic carbocycles. The third-order valence-corrected chi connectivity index (χ3v) is 6.65. The maximum Gasteiger partial charge on any atom is 0.151 e. The molecule has 0 radical (unpaired) electrons. The number of pyridine rings is 2. The highest BCUT2D eigenvalue weighted by atomic mass is 19.1. The Hall–Kier alpha value is -2.38. The van der Waals surface area contributed by atoms with Crippen LogP contribution in [0.25, 0.3) is 0 Å². The van der Waals surface area contributed by atoms with Crippen molar-refractivity contribution < 1.29 is 9.50 Å². The van der Waals surface area contributed by atoms with Crippen LogP contribution in [0, 0.1) is 11.2 Å². The minimum absolute atomic E-state index is 0.0292. The van der Waals surface area contributed by atoms with Crippen LogP contribution in [0.15, 0.2) is 35.5 Å². The number of nitrogens with one attached hydrogen (secondary N) is 1. The summed E-state index contributed by atoms with van der Waals surface area (Å²) >= 11 is 0. The van der Waals surface area contributed by atoms with E-state index in [2.05, 4.69) is 39.0 Å². The predicted octanol–water partition coefficient (Wildman–Crippen LogP) is 1.95. The molecule has 0 amide bonds. The standard InChI is InChI=1S/C22H26FN5O/c1-21(2)13-22(21,29)17-12-28(11-10-25-17)18-6-5-15(23)20(27-18)19-14-4-3-8-24-16(14)7-9-26-19/h3-6,8,17,25,29H,7,9-13H2,1-2H3. The third kappa shape index (κ3) is 3.04. The number of halogens is 1. The molecule has 2 aromatic heterocycles. The summed E-state index contributed by atoms with van der Waals surface area (Å²) in [6.45, 7) is 6.93. The molecule has 0 aromatic carbocycles. The number of anilines is 1. The van der Waals surface area contributed by atoms with Gasteiger partial charge in [0.15, 0.2) is 5.82 Å². The van der Waals surface area contributed by atoms with Crippen LogP contribution in [0.5, 0.6) is 0 Å². The van der Waals surface area contributed by atoms with Crippen LogP contribution in [-0.2, 0) is 6.42 Å². The lowest BCUT2D eigenvalue weighted by Crippen LogP contribution is -2.58. The maximum absolute atomic E-state index is 14.8. The van der Waals surface area contributed by atoms with Crippen molar-refractivity contribution in [1.82, 2.24) is 15.3 Å². The minimum Gasteiger partial charge on any atom is -0.388 e. The number of piperazine rings is 1. The molecule has 2 N–H and O–H groups in total. The summed E-state index contributed by atoms with van der Waals surface area (Å²) in [5, 5.41) is 14.4. The van der Waals surface area contributed by atoms with E-state index in [0.717, 1.165) is 37.2 Å². The fraction of sp³-hybridized carbons (Fsp3) is 0.500. The Kier molecular flexibility index (Phi) is 4.22. The second-order valence-corrected chi connectivity index (χ2v) is 8.92. The molecule has 152 valence electrons. The van der Waals surface area contributed by atoms with Crippen molar-refractivity contribution in [3.05, 3.63) is 53.2 Å². The second kappa shape index (κ2) is 6.57. The SMILES string of the molecule is CC1(C)CC1(O)C1CN(c2ccc(F)c(C3=NCCc4ncccc43)n2)CCN1. The van der Waals surface area contributed by atoms with Gasteiger partial charge >= 0.3 is 0 Å². The van der Waals surface area contributed by atoms with Gasteiger partial charge in [0, 0.05) is 44.4 Å². The van der Waals surface area contributed by atoms with Crippen LogP contribution in [0.1, 0.15) is 37.2 Å². The first kappa shape index (κ1) is 18.6. The molecule has 7 heteroatoms. The number of rotatable bonds is 3. The molecular weight excluding hydrogens is 369 g/mol. The summed E-state index contributed by atoms with van der Waals surface area (Å²) in [6.07, 6.45) is 3.30. The Morgan fingerprint density at radius 2 is 2.10 bits per heavy atom. The van der Waals surface area contributed by atoms with Crippen molar-refractivity contribution in [3.8, 4) is 0 Å². The van der Waals surface area contributed by atoms with E-state index in [4.69, 9.17) is 0 Å². The van der Waals surface area contributed by atoms with Gasteiger partial charge in [-0.15, -0.1) is 0 Å². The van der Waals surface area contributed by atoms with Crippen LogP contribution in [0.4, 0.5) is 10.2 Å². The summed E-state index contributed by atoms with van der Waals surface area (Å²) in [4.78, 5) is 15.8. The van der Waals surface area contributed by atoms with E-state index in [1.807, 2.05) is 12.1 Å². The lowest BCUT2D eigenvalue weighted by molar-refractivity contribution is 0.0641. The van der Waals surface area contributed by atoms with Gasteiger partial charge in [0.05, 0.1) is 23.0 Å². The first-order valence-electron chi connectivity index (χ1n) is 10.3. The van der Waals surface area contributed by atoms with Crippen molar-refractivity contribution in [2.45, 2.75) is 38.3 Å². The highest BCUT2D eigenvalue weighted by molar-refractivity contribution is 6.13. The van der Waals surface area contributed by atoms with Crippen LogP contribution in [0.2, 0.25) is 0 Å². The zero-order chi connectivity index (χ0) is 20.2. The van der Waals surface area contributed by atoms with Gasteiger partial charge in [-0.25, -0.2) is 9.37 Å². The second-order valence-electron chi connectivity index (χ2n) is 8.92. The molecule has 0 bridgehead atoms. The Morgan fingerprint density at radius 1 is 1.28 bits per heavy atom. The molecule has 1 saturated heterocycles. The largest absolute Gasteiger partial charge is 0.388 e. The van der Waals surface area contributed by atoms with Crippen LogP contribution in [-0.4, -0.2) is 58.6 Å². The van der Waals surface area contributed by atoms with Crippen molar-refractivity contribution >= 4 is 11.5 Å². The van der Waals surface area contributed by atoms with E-state index in [1.54, 1.807) is 12.3 Å². The quantitative estimate of drug-likeness (QED) is 0.831. The van der Waals surface area contributed by atoms with Gasteiger partial charge < -0.3 is 15.3 Å². The number of hydrogen-bond donors (Lipinski definition) is 2. The maximum atomic E-state index is 14.8. The van der Waals surface area contributed by atoms with E-state index in [-0.39, 0.29) is 23.0 Å². The number of aliphatic imine (C=N–C) groups is 1. The molecule has 3 aliphatic rings. The van der Waals surface area contributed by atoms with Gasteiger partial charge in [-0.1, -0.05) is 13.8 Å². The fourth-order valence-electron chi connectivity index (χ4n) is 4.69. The molecule has 2 aliphatic heterocycles. The zero-order valence-corrected chi connectivity index (χ0v) is 16.8. The Balaban J connectivity index is 1.45. The van der Waals surface area contributed by atoms with Gasteiger partial charge in [-0.05, 0) is 36.1 Å². The van der Waals surface area contributed by atoms with E-state index in [9.17, 15) is 9.50 Å². The summed E-state index contributed by atoms with van der Waals surface area (Å²) in [7, 11) is 0. The first-order valence-corrected chi connectivity index (χ1v) is 10.3. The average molecular weight is 395 g/mol. The molecule has 0 spiro atoms. The van der Waals surface area contributed by atoms with Crippen molar-refractivity contribution in [2.24, 2.45) is 10.4 Å². The van der Waals surface area contributed by atoms with Crippen LogP contribution < -0.4 is 10.2 Å². The molecule has 2 fully saturated rings. The smallest absolute Gasteiger partial charge is 0.151 e. The molecule has 2 aromatic rings. The van der Waals surface area contributed by atoms with E-state index in [1.165, 1.54) is 6.07 Å². The molecular formula is C22H26FN5O. The van der Waals surface area contributed by atoms with E-state index in [0.29, 0.717) is 24.6 Å². The highest BCUT2D eigenvalue weighted by Gasteiger charge is 2.64. The molecule has 2 unspecified atom stereocenters. The van der Waals surface area contributed by atoms with Gasteiger partial charge in [-0.2, -0.15) is 0 Å². The van der Waals surface area contributed by atoms with Gasteiger partial charge in [-0.3, -0.25) is 9.98 Å². The number of fused-ring (bicyclic) bond motifs is 1. The predicted molar refractivity (Wildman–Crippen MR) is 110 cm³/mol. The first-order chi connectivity index (χ1) is 13.9. The van der Waals surface area contributed by atoms with Crippen molar-refractivity contribution in [2.75, 3.05) is 31.1 Å². The van der Waals surface area contributed by atoms with Crippen molar-refractivity contribution in [1.29, 1.82) is 0 Å². The highest BCUT2D eigenvalue weighted by Crippen LogP contribution is 2.57. The number of nitrogens with zero attached hydrogens (tertiary/aromatic N) is 4. The Labute approximate surface area is 169 Å². The average Bonchev–Trinajstić information content (AvgIpc) is 3.27. The molecule has 6 nitrogen and oxygen atoms in total. The molecule has 2 atom stereocenters. The zero-order valence-electron chi connectivity index (χ0n) is 16.8. The van der Waals surface area contributed by atoms with Gasteiger partial charge in [0.1, 0.15) is 11.5 Å². The summed E-state index contributed by atoms with van der Waals surface area (Å²) < 4.78 is 14.8. The molecule has 1 saturated carbocycles.